The summed E-state index contributed by atoms with van der Waals surface area (Å²) in [6.07, 6.45) is 6.50. The molecule has 1 aliphatic carbocycles. The predicted molar refractivity (Wildman–Crippen MR) is 27.1 cm³/mol. The van der Waals surface area contributed by atoms with Crippen molar-refractivity contribution in [2.75, 3.05) is 0 Å². The molecule has 0 unspecified atom stereocenters. The summed E-state index contributed by atoms with van der Waals surface area (Å²) in [4.78, 5) is 0. The van der Waals surface area contributed by atoms with Crippen LogP contribution in [0.4, 0.5) is 0 Å². The van der Waals surface area contributed by atoms with Crippen LogP contribution in [0.2, 0.25) is 0 Å². The molecule has 0 aromatic carbocycles. The van der Waals surface area contributed by atoms with Crippen molar-refractivity contribution in [2.45, 2.75) is 19.3 Å². The summed E-state index contributed by atoms with van der Waals surface area (Å²) >= 11 is 4.25. The van der Waals surface area contributed by atoms with Crippen LogP contribution < -0.4 is 0 Å². The Kier molecular flexibility index (Phi) is 7.23. The monoisotopic (exact) mass is 198 g/mol. The maximum absolute atomic E-state index is 3.06. The van der Waals surface area contributed by atoms with Crippen LogP contribution in [0.15, 0.2) is 0 Å². The molecule has 1 fully saturated rings. The minimum atomic E-state index is 1.19. The van der Waals surface area contributed by atoms with Crippen molar-refractivity contribution in [3.8, 4) is 0 Å². The van der Waals surface area contributed by atoms with Crippen LogP contribution in [-0.2, 0) is 16.3 Å². The molecule has 0 atom stereocenters. The van der Waals surface area contributed by atoms with Crippen molar-refractivity contribution in [2.24, 2.45) is 0 Å². The normalized spacial score (nSPS) is 17.2. The zero-order valence-corrected chi connectivity index (χ0v) is 8.34. The Morgan fingerprint density at radius 2 is 1.50 bits per heavy atom. The second-order valence-electron chi connectivity index (χ2n) is 1.22. The van der Waals surface area contributed by atoms with Gasteiger partial charge in [-0.3, -0.25) is 0 Å². The maximum atomic E-state index is 3.06. The van der Waals surface area contributed by atoms with Crippen molar-refractivity contribution in [3.63, 3.8) is 0 Å². The molecular weight excluding hydrogens is 193 g/mol. The molecule has 0 aromatic rings. The summed E-state index contributed by atoms with van der Waals surface area (Å²) in [6.45, 7) is 0. The van der Waals surface area contributed by atoms with Gasteiger partial charge in [0.2, 0.25) is 0 Å². The van der Waals surface area contributed by atoms with Gasteiger partial charge in [0.05, 0.1) is 0 Å². The minimum absolute atomic E-state index is 1.19. The topological polar surface area (TPSA) is 0 Å². The van der Waals surface area contributed by atoms with Crippen LogP contribution in [0.3, 0.4) is 0 Å². The van der Waals surface area contributed by atoms with E-state index in [1.807, 2.05) is 0 Å². The summed E-state index contributed by atoms with van der Waals surface area (Å²) in [7, 11) is 0. The third-order valence-corrected chi connectivity index (χ3v) is 0.816. The first-order valence-electron chi connectivity index (χ1n) is 2.08. The molecule has 0 spiro atoms. The zero-order valence-electron chi connectivity index (χ0n) is 3.78. The van der Waals surface area contributed by atoms with Crippen LogP contribution in [0.25, 0.3) is 0 Å². The molecule has 0 heterocycles. The summed E-state index contributed by atoms with van der Waals surface area (Å²) in [5, 5.41) is 0. The molecule has 0 amide bonds. The third-order valence-electron chi connectivity index (χ3n) is 0.816. The van der Waals surface area contributed by atoms with E-state index in [9.17, 15) is 0 Å². The van der Waals surface area contributed by atoms with Gasteiger partial charge < -0.3 is 6.42 Å². The number of hydrogen-bond donors (Lipinski definition) is 0. The SMILES string of the molecule is [CH-]1CCC1.[Zn+][Br]. The molecule has 2 heteroatoms. The van der Waals surface area contributed by atoms with Crippen molar-refractivity contribution in [1.82, 2.24) is 0 Å². The van der Waals surface area contributed by atoms with E-state index in [-0.39, 0.29) is 0 Å². The van der Waals surface area contributed by atoms with E-state index in [0.29, 0.717) is 0 Å². The second-order valence-corrected chi connectivity index (χ2v) is 1.22. The zero-order chi connectivity index (χ0) is 4.83. The van der Waals surface area contributed by atoms with Crippen LogP contribution in [0.1, 0.15) is 19.3 Å². The Hall–Kier alpha value is 1.10. The molecule has 1 saturated carbocycles. The third kappa shape index (κ3) is 3.30. The van der Waals surface area contributed by atoms with E-state index in [4.69, 9.17) is 0 Å². The number of hydrogen-bond acceptors (Lipinski definition) is 0. The summed E-state index contributed by atoms with van der Waals surface area (Å²) in [5.74, 6) is 0. The van der Waals surface area contributed by atoms with Crippen LogP contribution >= 0.6 is 13.6 Å². The van der Waals surface area contributed by atoms with Gasteiger partial charge in [0.25, 0.3) is 0 Å². The molecule has 32 valence electrons. The van der Waals surface area contributed by atoms with Gasteiger partial charge in [-0.2, -0.15) is 12.8 Å². The molecule has 0 nitrogen and oxygen atoms in total. The van der Waals surface area contributed by atoms with Gasteiger partial charge in [-0.25, -0.2) is 0 Å². The van der Waals surface area contributed by atoms with Gasteiger partial charge in [0, 0.05) is 0 Å². The molecule has 0 radical (unpaired) electrons. The van der Waals surface area contributed by atoms with Crippen LogP contribution in [0.5, 0.6) is 0 Å². The van der Waals surface area contributed by atoms with Crippen molar-refractivity contribution in [1.29, 1.82) is 0 Å². The van der Waals surface area contributed by atoms with E-state index >= 15 is 0 Å². The van der Waals surface area contributed by atoms with Gasteiger partial charge >= 0.3 is 30.0 Å². The van der Waals surface area contributed by atoms with Gasteiger partial charge in [0.1, 0.15) is 0 Å². The fraction of sp³-hybridized carbons (Fsp3) is 0.750. The van der Waals surface area contributed by atoms with E-state index in [1.54, 1.807) is 0 Å². The Bertz CT molecular complexity index is 15.5. The molecule has 0 N–H and O–H groups in total. The standard InChI is InChI=1S/C4H7.BrH.Zn/c1-2-4-3-1;;/h1H,2-4H2;1H;/q-1;;+2/p-1. The van der Waals surface area contributed by atoms with E-state index in [0.717, 1.165) is 0 Å². The Labute approximate surface area is 55.7 Å². The number of halogens is 1. The molecule has 0 saturated heterocycles. The Morgan fingerprint density at radius 3 is 1.50 bits per heavy atom. The van der Waals surface area contributed by atoms with E-state index < -0.39 is 0 Å². The summed E-state index contributed by atoms with van der Waals surface area (Å²) in [5.41, 5.74) is 0. The average molecular weight is 200 g/mol. The second kappa shape index (κ2) is 6.10. The molecule has 1 rings (SSSR count). The first-order chi connectivity index (χ1) is 3.00. The Morgan fingerprint density at radius 1 is 1.33 bits per heavy atom. The van der Waals surface area contributed by atoms with Crippen LogP contribution in [0, 0.1) is 6.42 Å². The molecule has 0 aromatic heterocycles. The average Bonchev–Trinajstić information content (AvgIpc) is 1.36. The van der Waals surface area contributed by atoms with Gasteiger partial charge in [-0.1, -0.05) is 0 Å². The summed E-state index contributed by atoms with van der Waals surface area (Å²) in [6, 6.07) is 0. The van der Waals surface area contributed by atoms with Crippen molar-refractivity contribution < 1.29 is 16.3 Å². The van der Waals surface area contributed by atoms with Crippen molar-refractivity contribution in [3.05, 3.63) is 6.42 Å². The molecule has 1 aliphatic rings. The van der Waals surface area contributed by atoms with E-state index in [1.165, 1.54) is 35.6 Å². The molecule has 0 bridgehead atoms. The number of rotatable bonds is 0. The predicted octanol–water partition coefficient (Wildman–Crippen LogP) is 2.22. The molecule has 0 aliphatic heterocycles. The fourth-order valence-electron chi connectivity index (χ4n) is 0.204. The van der Waals surface area contributed by atoms with Gasteiger partial charge in [-0.05, 0) is 0 Å². The van der Waals surface area contributed by atoms with Crippen LogP contribution in [-0.4, -0.2) is 0 Å². The first-order valence-corrected chi connectivity index (χ1v) is 9.03. The fourth-order valence-corrected chi connectivity index (χ4v) is 0.204. The first kappa shape index (κ1) is 7.10. The molecule has 6 heavy (non-hydrogen) atoms. The van der Waals surface area contributed by atoms with Crippen molar-refractivity contribution >= 4 is 13.6 Å². The van der Waals surface area contributed by atoms with Gasteiger partial charge in [0.15, 0.2) is 0 Å². The summed E-state index contributed by atoms with van der Waals surface area (Å²) < 4.78 is 0. The molecular formula is C4H7BrZn. The van der Waals surface area contributed by atoms with Gasteiger partial charge in [-0.15, -0.1) is 6.42 Å². The van der Waals surface area contributed by atoms with E-state index in [2.05, 4.69) is 20.0 Å². The Balaban J connectivity index is 0.000000112. The quantitative estimate of drug-likeness (QED) is 0.415.